The number of rotatable bonds is 14. The standard InChI is InChI=1S/C37H32F6O7S2.2Cs.2H/c1-23-3-15-29(16-4-23)51-21-19-31(47-27-11-7-25(8-12-27)36(38,39)40)33(44)49-35(46)50-34(45)32(20-22-52-30-17-5-24(2)6-18-30)48-28-13-9-26(10-14-28)37(41,42)43;;;;/h3-18,31-32H,19-22H2,1-2H3;;;;/t31-,32-;;;;/m0..../s1. The summed E-state index contributed by atoms with van der Waals surface area (Å²) in [5.41, 5.74) is 0.172. The van der Waals surface area contributed by atoms with Crippen molar-refractivity contribution in [1.29, 1.82) is 0 Å². The van der Waals surface area contributed by atoms with Crippen molar-refractivity contribution in [1.82, 2.24) is 0 Å². The first-order chi connectivity index (χ1) is 24.6. The summed E-state index contributed by atoms with van der Waals surface area (Å²) in [5.74, 6) is -2.26. The van der Waals surface area contributed by atoms with E-state index in [0.29, 0.717) is 0 Å². The van der Waals surface area contributed by atoms with Gasteiger partial charge in [0.25, 0.3) is 0 Å². The van der Waals surface area contributed by atoms with Crippen LogP contribution in [-0.2, 0) is 31.4 Å². The van der Waals surface area contributed by atoms with Gasteiger partial charge in [0.05, 0.1) is 11.1 Å². The van der Waals surface area contributed by atoms with Crippen LogP contribution >= 0.6 is 23.5 Å². The van der Waals surface area contributed by atoms with Gasteiger partial charge in [0.1, 0.15) is 11.5 Å². The second-order valence-electron chi connectivity index (χ2n) is 11.2. The molecule has 4 rings (SSSR count). The van der Waals surface area contributed by atoms with Gasteiger partial charge in [-0.1, -0.05) is 35.4 Å². The van der Waals surface area contributed by atoms with Crippen LogP contribution in [0.3, 0.4) is 0 Å². The summed E-state index contributed by atoms with van der Waals surface area (Å²) in [6, 6.07) is 22.1. The summed E-state index contributed by atoms with van der Waals surface area (Å²) < 4.78 is 99.1. The van der Waals surface area contributed by atoms with Crippen molar-refractivity contribution < 1.29 is 59.7 Å². The van der Waals surface area contributed by atoms with Gasteiger partial charge in [-0.2, -0.15) is 26.3 Å². The Kier molecular flexibility index (Phi) is 21.8. The number of thioether (sulfide) groups is 2. The molecule has 2 atom stereocenters. The number of ether oxygens (including phenoxy) is 4. The molecule has 0 aliphatic heterocycles. The van der Waals surface area contributed by atoms with Crippen LogP contribution in [-0.4, -0.2) is 180 Å². The number of hydrogen-bond acceptors (Lipinski definition) is 9. The molecule has 0 unspecified atom stereocenters. The number of alkyl halides is 6. The predicted octanol–water partition coefficient (Wildman–Crippen LogP) is 8.81. The number of esters is 2. The van der Waals surface area contributed by atoms with Crippen LogP contribution in [0.2, 0.25) is 0 Å². The van der Waals surface area contributed by atoms with E-state index in [9.17, 15) is 40.7 Å². The molecule has 0 saturated carbocycles. The van der Waals surface area contributed by atoms with Crippen LogP contribution < -0.4 is 9.47 Å². The van der Waals surface area contributed by atoms with E-state index >= 15 is 0 Å². The van der Waals surface area contributed by atoms with Crippen molar-refractivity contribution in [3.05, 3.63) is 119 Å². The molecule has 0 saturated heterocycles. The number of carbonyl (C=O) groups excluding carboxylic acids is 3. The van der Waals surface area contributed by atoms with E-state index in [0.717, 1.165) is 69.4 Å². The van der Waals surface area contributed by atoms with Gasteiger partial charge in [-0.3, -0.25) is 0 Å². The summed E-state index contributed by atoms with van der Waals surface area (Å²) in [5, 5.41) is 0. The molecule has 0 heterocycles. The molecule has 54 heavy (non-hydrogen) atoms. The molecule has 7 nitrogen and oxygen atoms in total. The van der Waals surface area contributed by atoms with E-state index < -0.39 is 53.8 Å². The Labute approximate surface area is 434 Å². The average Bonchev–Trinajstić information content (AvgIpc) is 3.08. The summed E-state index contributed by atoms with van der Waals surface area (Å²) in [6.07, 6.45) is -14.1. The van der Waals surface area contributed by atoms with Gasteiger partial charge >= 0.3 is 168 Å². The van der Waals surface area contributed by atoms with Crippen LogP contribution in [0.5, 0.6) is 11.5 Å². The Hall–Kier alpha value is -0.526. The quantitative estimate of drug-likeness (QED) is 0.0533. The molecule has 0 spiro atoms. The fourth-order valence-electron chi connectivity index (χ4n) is 4.38. The Morgan fingerprint density at radius 1 is 0.537 bits per heavy atom. The van der Waals surface area contributed by atoms with Crippen LogP contribution in [0.1, 0.15) is 35.1 Å². The fraction of sp³-hybridized carbons (Fsp3) is 0.270. The summed E-state index contributed by atoms with van der Waals surface area (Å²) in [4.78, 5) is 40.6. The molecule has 0 aliphatic rings. The van der Waals surface area contributed by atoms with E-state index in [1.807, 2.05) is 62.4 Å². The number of aryl methyl sites for hydroxylation is 2. The monoisotopic (exact) mass is 1030 g/mol. The Morgan fingerprint density at radius 2 is 0.852 bits per heavy atom. The fourth-order valence-corrected chi connectivity index (χ4v) is 6.17. The number of hydrogen-bond donors (Lipinski definition) is 0. The third-order valence-corrected chi connectivity index (χ3v) is 9.24. The van der Waals surface area contributed by atoms with Gasteiger partial charge in [-0.05, 0) is 86.6 Å². The Bertz CT molecular complexity index is 1660. The SMILES string of the molecule is Cc1ccc(SCC[C@H](Oc2ccc(C(F)(F)F)cc2)C(=O)OC(=O)OC(=O)[C@H](CCSc2ccc(C)cc2)Oc2ccc(C(F)(F)F)cc2)cc1.[CsH].[CsH]. The molecule has 0 amide bonds. The van der Waals surface area contributed by atoms with Crippen LogP contribution in [0.4, 0.5) is 31.1 Å². The first kappa shape index (κ1) is 49.6. The first-order valence-electron chi connectivity index (χ1n) is 15.6. The normalized spacial score (nSPS) is 12.3. The molecule has 4 aromatic rings. The molecule has 0 N–H and O–H groups in total. The number of halogens is 6. The second-order valence-corrected chi connectivity index (χ2v) is 13.6. The first-order valence-corrected chi connectivity index (χ1v) is 17.6. The van der Waals surface area contributed by atoms with E-state index in [4.69, 9.17) is 18.9 Å². The van der Waals surface area contributed by atoms with Crippen molar-refractivity contribution in [2.45, 2.75) is 61.0 Å². The third kappa shape index (κ3) is 17.1. The van der Waals surface area contributed by atoms with Crippen LogP contribution in [0.15, 0.2) is 107 Å². The zero-order valence-electron chi connectivity index (χ0n) is 27.7. The topological polar surface area (TPSA) is 88.1 Å². The Morgan fingerprint density at radius 3 is 1.15 bits per heavy atom. The Balaban J connectivity index is 0.00000504. The third-order valence-electron chi connectivity index (χ3n) is 7.15. The van der Waals surface area contributed by atoms with Crippen molar-refractivity contribution in [2.75, 3.05) is 11.5 Å². The zero-order valence-corrected chi connectivity index (χ0v) is 29.3. The summed E-state index contributed by atoms with van der Waals surface area (Å²) >= 11 is 2.69. The van der Waals surface area contributed by atoms with Crippen molar-refractivity contribution in [3.8, 4) is 11.5 Å². The average molecular weight is 1030 g/mol. The van der Waals surface area contributed by atoms with E-state index in [1.54, 1.807) is 0 Å². The summed E-state index contributed by atoms with van der Waals surface area (Å²) in [7, 11) is 0. The van der Waals surface area contributed by atoms with Crippen molar-refractivity contribution in [2.24, 2.45) is 0 Å². The molecule has 280 valence electrons. The van der Waals surface area contributed by atoms with Gasteiger partial charge in [-0.25, -0.2) is 14.4 Å². The van der Waals surface area contributed by atoms with Crippen molar-refractivity contribution in [3.63, 3.8) is 0 Å². The van der Waals surface area contributed by atoms with Crippen molar-refractivity contribution >= 4 is 179 Å². The van der Waals surface area contributed by atoms with Gasteiger partial charge in [0.2, 0.25) is 0 Å². The number of carbonyl (C=O) groups is 3. The van der Waals surface area contributed by atoms with Gasteiger partial charge in [-0.15, -0.1) is 23.5 Å². The predicted molar refractivity (Wildman–Crippen MR) is 197 cm³/mol. The van der Waals surface area contributed by atoms with E-state index in [1.165, 1.54) is 23.5 Å². The molecule has 0 aromatic heterocycles. The molecule has 0 bridgehead atoms. The van der Waals surface area contributed by atoms with Gasteiger partial charge in [0, 0.05) is 34.1 Å². The maximum atomic E-state index is 13.1. The molecule has 0 fully saturated rings. The molecular formula is C37H34Cs2F6O7S2. The van der Waals surface area contributed by atoms with Gasteiger partial charge < -0.3 is 18.9 Å². The van der Waals surface area contributed by atoms with E-state index in [-0.39, 0.29) is 174 Å². The van der Waals surface area contributed by atoms with Crippen LogP contribution in [0.25, 0.3) is 0 Å². The molecule has 17 heteroatoms. The van der Waals surface area contributed by atoms with Gasteiger partial charge in [0.15, 0.2) is 12.2 Å². The molecule has 0 radical (unpaired) electrons. The molecule has 4 aromatic carbocycles. The second kappa shape index (κ2) is 23.8. The van der Waals surface area contributed by atoms with E-state index in [2.05, 4.69) is 0 Å². The minimum absolute atomic E-state index is 0. The molecule has 0 aliphatic carbocycles. The maximum absolute atomic E-state index is 13.1. The molecular weight excluding hydrogens is 1000 g/mol. The number of benzene rings is 4. The summed E-state index contributed by atoms with van der Waals surface area (Å²) in [6.45, 7) is 3.82. The zero-order chi connectivity index (χ0) is 37.9. The minimum atomic E-state index is -4.61. The van der Waals surface area contributed by atoms with Crippen LogP contribution in [0, 0.1) is 13.8 Å².